The number of carbonyl (C=O) groups is 1. The zero-order valence-electron chi connectivity index (χ0n) is 6.32. The van der Waals surface area contributed by atoms with Crippen LogP contribution in [0.25, 0.3) is 0 Å². The van der Waals surface area contributed by atoms with Crippen LogP contribution in [0.5, 0.6) is 0 Å². The van der Waals surface area contributed by atoms with Crippen LogP contribution in [0.4, 0.5) is 0 Å². The molecule has 11 heavy (non-hydrogen) atoms. The molecule has 0 unspecified atom stereocenters. The molecule has 0 radical (unpaired) electrons. The number of aromatic nitrogens is 3. The molecule has 5 heteroatoms. The molecular formula is C6H10N4O. The predicted molar refractivity (Wildman–Crippen MR) is 39.3 cm³/mol. The summed E-state index contributed by atoms with van der Waals surface area (Å²) in [5.74, 6) is -0.0435. The third-order valence-corrected chi connectivity index (χ3v) is 1.14. The molecule has 0 aromatic carbocycles. The Labute approximate surface area is 64.4 Å². The number of hydrogen-bond acceptors (Lipinski definition) is 3. The normalized spacial score (nSPS) is 9.55. The smallest absolute Gasteiger partial charge is 0.240 e. The molecule has 5 nitrogen and oxygen atoms in total. The van der Waals surface area contributed by atoms with Gasteiger partial charge in [-0.1, -0.05) is 6.92 Å². The third kappa shape index (κ3) is 2.37. The number of hydrogen-bond donors (Lipinski definition) is 1. The van der Waals surface area contributed by atoms with Crippen molar-refractivity contribution in [3.8, 4) is 0 Å². The number of carbonyl (C=O) groups excluding carboxylic acids is 1. The average Bonchev–Trinajstić information content (AvgIpc) is 2.40. The highest BCUT2D eigenvalue weighted by Gasteiger charge is 1.98. The van der Waals surface area contributed by atoms with E-state index in [1.165, 1.54) is 11.0 Å². The maximum absolute atomic E-state index is 10.9. The van der Waals surface area contributed by atoms with E-state index in [0.717, 1.165) is 6.42 Å². The van der Waals surface area contributed by atoms with Crippen LogP contribution < -0.4 is 5.43 Å². The zero-order chi connectivity index (χ0) is 8.10. The van der Waals surface area contributed by atoms with Crippen molar-refractivity contribution in [2.45, 2.75) is 19.8 Å². The van der Waals surface area contributed by atoms with Crippen molar-refractivity contribution in [3.63, 3.8) is 0 Å². The van der Waals surface area contributed by atoms with E-state index in [9.17, 15) is 4.79 Å². The quantitative estimate of drug-likeness (QED) is 0.674. The fourth-order valence-corrected chi connectivity index (χ4v) is 0.679. The Morgan fingerprint density at radius 1 is 1.73 bits per heavy atom. The van der Waals surface area contributed by atoms with Gasteiger partial charge in [-0.3, -0.25) is 4.79 Å². The van der Waals surface area contributed by atoms with Crippen LogP contribution >= 0.6 is 0 Å². The third-order valence-electron chi connectivity index (χ3n) is 1.14. The highest BCUT2D eigenvalue weighted by Crippen LogP contribution is 1.86. The van der Waals surface area contributed by atoms with E-state index in [-0.39, 0.29) is 5.91 Å². The largest absolute Gasteiger partial charge is 0.273 e. The van der Waals surface area contributed by atoms with Gasteiger partial charge in [-0.25, -0.2) is 5.43 Å². The number of amides is 1. The summed E-state index contributed by atoms with van der Waals surface area (Å²) in [7, 11) is 0. The monoisotopic (exact) mass is 154 g/mol. The van der Waals surface area contributed by atoms with Gasteiger partial charge >= 0.3 is 0 Å². The molecule has 60 valence electrons. The molecule has 1 rings (SSSR count). The van der Waals surface area contributed by atoms with Crippen LogP contribution in [-0.2, 0) is 4.79 Å². The van der Waals surface area contributed by atoms with Gasteiger partial charge in [-0.15, -0.1) is 5.10 Å². The van der Waals surface area contributed by atoms with E-state index in [1.54, 1.807) is 6.20 Å². The van der Waals surface area contributed by atoms with Crippen LogP contribution in [0, 0.1) is 0 Å². The Morgan fingerprint density at radius 2 is 2.55 bits per heavy atom. The molecular weight excluding hydrogens is 144 g/mol. The summed E-state index contributed by atoms with van der Waals surface area (Å²) in [5, 5.41) is 7.11. The maximum atomic E-state index is 10.9. The Bertz CT molecular complexity index is 218. The standard InChI is InChI=1S/C6H10N4O/c1-2-3-6(11)8-10-5-4-7-9-10/h4-5H,2-3H2,1H3,(H,8,11). The van der Waals surface area contributed by atoms with Crippen molar-refractivity contribution in [1.82, 2.24) is 15.1 Å². The first-order valence-corrected chi connectivity index (χ1v) is 3.49. The van der Waals surface area contributed by atoms with Gasteiger partial charge in [0.15, 0.2) is 0 Å². The lowest BCUT2D eigenvalue weighted by Gasteiger charge is -2.00. The first-order valence-electron chi connectivity index (χ1n) is 3.49. The lowest BCUT2D eigenvalue weighted by atomic mass is 10.3. The van der Waals surface area contributed by atoms with Crippen molar-refractivity contribution in [2.24, 2.45) is 0 Å². The minimum Gasteiger partial charge on any atom is -0.273 e. The van der Waals surface area contributed by atoms with Gasteiger partial charge in [0.1, 0.15) is 0 Å². The second-order valence-corrected chi connectivity index (χ2v) is 2.13. The summed E-state index contributed by atoms with van der Waals surface area (Å²) in [6.45, 7) is 1.95. The molecule has 0 saturated heterocycles. The van der Waals surface area contributed by atoms with Gasteiger partial charge in [-0.2, -0.15) is 4.79 Å². The molecule has 0 fully saturated rings. The number of nitrogens with one attached hydrogen (secondary N) is 1. The van der Waals surface area contributed by atoms with Gasteiger partial charge in [0, 0.05) is 6.42 Å². The fraction of sp³-hybridized carbons (Fsp3) is 0.500. The average molecular weight is 154 g/mol. The van der Waals surface area contributed by atoms with Crippen LogP contribution in [0.15, 0.2) is 12.4 Å². The molecule has 0 atom stereocenters. The minimum absolute atomic E-state index is 0.0435. The molecule has 1 amide bonds. The van der Waals surface area contributed by atoms with E-state index < -0.39 is 0 Å². The van der Waals surface area contributed by atoms with Crippen LogP contribution in [0.1, 0.15) is 19.8 Å². The molecule has 0 aliphatic rings. The summed E-state index contributed by atoms with van der Waals surface area (Å²) in [5.41, 5.74) is 2.53. The molecule has 1 N–H and O–H groups in total. The molecule has 0 aliphatic carbocycles. The first-order chi connectivity index (χ1) is 5.33. The second-order valence-electron chi connectivity index (χ2n) is 2.13. The molecule has 0 aliphatic heterocycles. The summed E-state index contributed by atoms with van der Waals surface area (Å²) >= 11 is 0. The highest BCUT2D eigenvalue weighted by molar-refractivity contribution is 5.83. The summed E-state index contributed by atoms with van der Waals surface area (Å²) < 4.78 is 0. The number of nitrogens with zero attached hydrogens (tertiary/aromatic N) is 3. The van der Waals surface area contributed by atoms with Crippen LogP contribution in [0.3, 0.4) is 0 Å². The Morgan fingerprint density at radius 3 is 3.09 bits per heavy atom. The lowest BCUT2D eigenvalue weighted by Crippen LogP contribution is -2.22. The summed E-state index contributed by atoms with van der Waals surface area (Å²) in [6, 6.07) is 0. The van der Waals surface area contributed by atoms with Gasteiger partial charge < -0.3 is 0 Å². The van der Waals surface area contributed by atoms with Crippen molar-refractivity contribution in [3.05, 3.63) is 12.4 Å². The van der Waals surface area contributed by atoms with E-state index in [2.05, 4.69) is 15.7 Å². The van der Waals surface area contributed by atoms with Crippen molar-refractivity contribution >= 4 is 5.91 Å². The van der Waals surface area contributed by atoms with Crippen LogP contribution in [-0.4, -0.2) is 21.0 Å². The Hall–Kier alpha value is -1.39. The molecule has 0 saturated carbocycles. The number of rotatable bonds is 3. The molecule has 0 bridgehead atoms. The topological polar surface area (TPSA) is 59.8 Å². The summed E-state index contributed by atoms with van der Waals surface area (Å²) in [4.78, 5) is 12.2. The molecule has 1 aromatic rings. The molecule has 0 spiro atoms. The Kier molecular flexibility index (Phi) is 2.59. The first kappa shape index (κ1) is 7.71. The second kappa shape index (κ2) is 3.70. The van der Waals surface area contributed by atoms with Gasteiger partial charge in [0.2, 0.25) is 5.91 Å². The van der Waals surface area contributed by atoms with Gasteiger partial charge in [0.25, 0.3) is 0 Å². The van der Waals surface area contributed by atoms with Gasteiger partial charge in [0.05, 0.1) is 12.4 Å². The summed E-state index contributed by atoms with van der Waals surface area (Å²) in [6.07, 6.45) is 4.43. The minimum atomic E-state index is -0.0435. The molecule has 1 heterocycles. The van der Waals surface area contributed by atoms with Crippen molar-refractivity contribution in [1.29, 1.82) is 0 Å². The van der Waals surface area contributed by atoms with E-state index >= 15 is 0 Å². The predicted octanol–water partition coefficient (Wildman–Crippen LogP) is 0.148. The SMILES string of the molecule is CCCC(=O)Nn1ccnn1. The lowest BCUT2D eigenvalue weighted by molar-refractivity contribution is -0.117. The van der Waals surface area contributed by atoms with Gasteiger partial charge in [-0.05, 0) is 11.6 Å². The van der Waals surface area contributed by atoms with E-state index in [0.29, 0.717) is 6.42 Å². The highest BCUT2D eigenvalue weighted by atomic mass is 16.2. The Balaban J connectivity index is 2.37. The van der Waals surface area contributed by atoms with Crippen LogP contribution in [0.2, 0.25) is 0 Å². The maximum Gasteiger partial charge on any atom is 0.240 e. The zero-order valence-corrected chi connectivity index (χ0v) is 6.32. The van der Waals surface area contributed by atoms with E-state index in [4.69, 9.17) is 0 Å². The van der Waals surface area contributed by atoms with Crippen molar-refractivity contribution in [2.75, 3.05) is 5.43 Å². The fourth-order valence-electron chi connectivity index (χ4n) is 0.679. The van der Waals surface area contributed by atoms with E-state index in [1.807, 2.05) is 6.92 Å². The molecule has 1 aromatic heterocycles. The van der Waals surface area contributed by atoms with Crippen molar-refractivity contribution < 1.29 is 4.79 Å².